The van der Waals surface area contributed by atoms with Gasteiger partial charge in [0.2, 0.25) is 0 Å². The molecule has 0 fully saturated rings. The van der Waals surface area contributed by atoms with Crippen LogP contribution in [-0.2, 0) is 20.7 Å². The van der Waals surface area contributed by atoms with Gasteiger partial charge in [-0.1, -0.05) is 24.8 Å². The number of aromatic nitrogens is 3. The number of carbonyl (C=O) groups excluding carboxylic acids is 2. The fourth-order valence-electron chi connectivity index (χ4n) is 2.55. The van der Waals surface area contributed by atoms with Crippen LogP contribution in [0.3, 0.4) is 0 Å². The Morgan fingerprint density at radius 3 is 2.38 bits per heavy atom. The Labute approximate surface area is 167 Å². The normalized spacial score (nSPS) is 10.6. The summed E-state index contributed by atoms with van der Waals surface area (Å²) in [5.74, 6) is -0.182. The fraction of sp³-hybridized carbons (Fsp3) is 0.238. The Hall–Kier alpha value is -3.68. The summed E-state index contributed by atoms with van der Waals surface area (Å²) in [6.07, 6.45) is -0.347. The first kappa shape index (κ1) is 20.1. The molecule has 0 amide bonds. The van der Waals surface area contributed by atoms with Crippen molar-refractivity contribution in [1.29, 1.82) is 0 Å². The lowest BCUT2D eigenvalue weighted by Gasteiger charge is -2.11. The quantitative estimate of drug-likeness (QED) is 0.343. The molecule has 8 nitrogen and oxygen atoms in total. The SMILES string of the molecule is C=C(C)C(=O)OCCc1ccc(OC(=O)OCC)c(-n2nc3ccccc3n2)c1. The molecule has 0 aliphatic carbocycles. The van der Waals surface area contributed by atoms with Crippen molar-refractivity contribution in [2.75, 3.05) is 13.2 Å². The minimum atomic E-state index is -0.811. The van der Waals surface area contributed by atoms with Crippen molar-refractivity contribution < 1.29 is 23.8 Å². The predicted molar refractivity (Wildman–Crippen MR) is 106 cm³/mol. The van der Waals surface area contributed by atoms with Crippen molar-refractivity contribution in [3.05, 3.63) is 60.2 Å². The predicted octanol–water partition coefficient (Wildman–Crippen LogP) is 3.62. The van der Waals surface area contributed by atoms with Crippen LogP contribution >= 0.6 is 0 Å². The summed E-state index contributed by atoms with van der Waals surface area (Å²) in [6, 6.07) is 12.6. The number of hydrogen-bond acceptors (Lipinski definition) is 7. The monoisotopic (exact) mass is 395 g/mol. The maximum absolute atomic E-state index is 11.8. The second-order valence-corrected chi connectivity index (χ2v) is 6.23. The Kier molecular flexibility index (Phi) is 6.23. The first-order chi connectivity index (χ1) is 14.0. The third-order valence-corrected chi connectivity index (χ3v) is 3.95. The lowest BCUT2D eigenvalue weighted by atomic mass is 10.1. The summed E-state index contributed by atoms with van der Waals surface area (Å²) in [5, 5.41) is 8.89. The zero-order valence-electron chi connectivity index (χ0n) is 16.3. The van der Waals surface area contributed by atoms with Crippen LogP contribution in [-0.4, -0.2) is 40.3 Å². The lowest BCUT2D eigenvalue weighted by Crippen LogP contribution is -2.13. The second kappa shape index (κ2) is 9.01. The fourth-order valence-corrected chi connectivity index (χ4v) is 2.55. The molecular formula is C21H21N3O5. The van der Waals surface area contributed by atoms with E-state index in [0.29, 0.717) is 28.7 Å². The minimum Gasteiger partial charge on any atom is -0.462 e. The number of nitrogens with zero attached hydrogens (tertiary/aromatic N) is 3. The topological polar surface area (TPSA) is 92.5 Å². The Balaban J connectivity index is 1.89. The van der Waals surface area contributed by atoms with Crippen LogP contribution in [0.15, 0.2) is 54.6 Å². The molecule has 0 atom stereocenters. The molecule has 150 valence electrons. The van der Waals surface area contributed by atoms with Gasteiger partial charge in [-0.25, -0.2) is 9.59 Å². The van der Waals surface area contributed by atoms with E-state index in [9.17, 15) is 9.59 Å². The molecule has 0 aliphatic rings. The molecule has 29 heavy (non-hydrogen) atoms. The van der Waals surface area contributed by atoms with Gasteiger partial charge in [-0.2, -0.15) is 0 Å². The van der Waals surface area contributed by atoms with E-state index in [-0.39, 0.29) is 19.0 Å². The van der Waals surface area contributed by atoms with Gasteiger partial charge in [-0.15, -0.1) is 15.0 Å². The maximum atomic E-state index is 11.8. The highest BCUT2D eigenvalue weighted by molar-refractivity contribution is 5.86. The molecule has 0 radical (unpaired) electrons. The van der Waals surface area contributed by atoms with E-state index < -0.39 is 12.1 Å². The first-order valence-electron chi connectivity index (χ1n) is 9.10. The number of hydrogen-bond donors (Lipinski definition) is 0. The van der Waals surface area contributed by atoms with E-state index in [1.54, 1.807) is 32.0 Å². The molecule has 1 aromatic heterocycles. The molecule has 0 spiro atoms. The van der Waals surface area contributed by atoms with Gasteiger partial charge in [0.05, 0.1) is 13.2 Å². The molecule has 2 aromatic carbocycles. The number of esters is 1. The average molecular weight is 395 g/mol. The Bertz CT molecular complexity index is 1020. The highest BCUT2D eigenvalue weighted by Crippen LogP contribution is 2.25. The molecule has 3 rings (SSSR count). The number of rotatable bonds is 7. The minimum absolute atomic E-state index is 0.192. The molecular weight excluding hydrogens is 374 g/mol. The zero-order valence-corrected chi connectivity index (χ0v) is 16.3. The van der Waals surface area contributed by atoms with Gasteiger partial charge in [-0.3, -0.25) is 0 Å². The van der Waals surface area contributed by atoms with E-state index in [1.807, 2.05) is 24.3 Å². The maximum Gasteiger partial charge on any atom is 0.513 e. The van der Waals surface area contributed by atoms with Crippen LogP contribution in [0.2, 0.25) is 0 Å². The Morgan fingerprint density at radius 1 is 1.07 bits per heavy atom. The van der Waals surface area contributed by atoms with Crippen LogP contribution < -0.4 is 4.74 Å². The van der Waals surface area contributed by atoms with Crippen molar-refractivity contribution >= 4 is 23.2 Å². The summed E-state index contributed by atoms with van der Waals surface area (Å²) in [5.41, 5.74) is 3.08. The van der Waals surface area contributed by atoms with Crippen LogP contribution in [0.1, 0.15) is 19.4 Å². The number of ether oxygens (including phenoxy) is 3. The van der Waals surface area contributed by atoms with Gasteiger partial charge >= 0.3 is 12.1 Å². The number of carbonyl (C=O) groups is 2. The number of benzene rings is 2. The van der Waals surface area contributed by atoms with E-state index >= 15 is 0 Å². The second-order valence-electron chi connectivity index (χ2n) is 6.23. The molecule has 1 heterocycles. The summed E-state index contributed by atoms with van der Waals surface area (Å²) in [4.78, 5) is 24.7. The van der Waals surface area contributed by atoms with Crippen molar-refractivity contribution in [3.8, 4) is 11.4 Å². The van der Waals surface area contributed by atoms with E-state index in [1.165, 1.54) is 4.80 Å². The van der Waals surface area contributed by atoms with Crippen molar-refractivity contribution in [3.63, 3.8) is 0 Å². The van der Waals surface area contributed by atoms with Crippen molar-refractivity contribution in [1.82, 2.24) is 15.0 Å². The highest BCUT2D eigenvalue weighted by Gasteiger charge is 2.15. The van der Waals surface area contributed by atoms with Crippen LogP contribution in [0.5, 0.6) is 5.75 Å². The van der Waals surface area contributed by atoms with E-state index in [4.69, 9.17) is 14.2 Å². The summed E-state index contributed by atoms with van der Waals surface area (Å²) in [6.45, 7) is 7.23. The van der Waals surface area contributed by atoms with E-state index in [0.717, 1.165) is 5.56 Å². The Morgan fingerprint density at radius 2 is 1.76 bits per heavy atom. The van der Waals surface area contributed by atoms with Gasteiger partial charge in [0.15, 0.2) is 5.75 Å². The summed E-state index contributed by atoms with van der Waals surface area (Å²) in [7, 11) is 0. The summed E-state index contributed by atoms with van der Waals surface area (Å²) < 4.78 is 15.3. The van der Waals surface area contributed by atoms with Crippen LogP contribution in [0.4, 0.5) is 4.79 Å². The van der Waals surface area contributed by atoms with Crippen LogP contribution in [0, 0.1) is 0 Å². The van der Waals surface area contributed by atoms with Gasteiger partial charge in [0, 0.05) is 12.0 Å². The largest absolute Gasteiger partial charge is 0.513 e. The molecule has 0 saturated heterocycles. The molecule has 0 N–H and O–H groups in total. The van der Waals surface area contributed by atoms with Gasteiger partial charge in [-0.05, 0) is 43.7 Å². The van der Waals surface area contributed by atoms with E-state index in [2.05, 4.69) is 16.8 Å². The van der Waals surface area contributed by atoms with Gasteiger partial charge in [0.25, 0.3) is 0 Å². The average Bonchev–Trinajstić information content (AvgIpc) is 3.13. The third kappa shape index (κ3) is 4.98. The number of fused-ring (bicyclic) bond motifs is 1. The van der Waals surface area contributed by atoms with Crippen LogP contribution in [0.25, 0.3) is 16.7 Å². The van der Waals surface area contributed by atoms with Gasteiger partial charge < -0.3 is 14.2 Å². The van der Waals surface area contributed by atoms with Crippen molar-refractivity contribution in [2.45, 2.75) is 20.3 Å². The molecule has 0 saturated carbocycles. The smallest absolute Gasteiger partial charge is 0.462 e. The summed E-state index contributed by atoms with van der Waals surface area (Å²) >= 11 is 0. The molecule has 0 bridgehead atoms. The van der Waals surface area contributed by atoms with Gasteiger partial charge in [0.1, 0.15) is 16.7 Å². The molecule has 3 aromatic rings. The lowest BCUT2D eigenvalue weighted by molar-refractivity contribution is -0.138. The zero-order chi connectivity index (χ0) is 20.8. The van der Waals surface area contributed by atoms with Crippen molar-refractivity contribution in [2.24, 2.45) is 0 Å². The molecule has 8 heteroatoms. The first-order valence-corrected chi connectivity index (χ1v) is 9.10. The third-order valence-electron chi connectivity index (χ3n) is 3.95. The standard InChI is InChI=1S/C21H21N3O5/c1-4-27-21(26)29-19-10-9-15(11-12-28-20(25)14(2)3)13-18(19)24-22-16-7-5-6-8-17(16)23-24/h5-10,13H,2,4,11-12H2,1,3H3. The highest BCUT2D eigenvalue weighted by atomic mass is 16.7. The molecule has 0 unspecified atom stereocenters. The molecule has 0 aliphatic heterocycles.